The molecule has 0 aliphatic heterocycles. The van der Waals surface area contributed by atoms with Crippen LogP contribution in [-0.2, 0) is 14.2 Å². The molecule has 15 heavy (non-hydrogen) atoms. The standard InChI is InChI=1S/C6H14N2.3ClH.HNO2.Pt/c7-5-3-1-2-4-6(5)8;;;;2-1-3;/h5-6H,1-4,7-8H2;3*1H;(H,2,3);/q;;;;;+3/p-4/t5-,6-;;;;;/m1...../s1. The fraction of sp³-hybridized carbons (Fsp3) is 1.00. The van der Waals surface area contributed by atoms with E-state index in [1.54, 1.807) is 0 Å². The number of halogens is 3. The average molecular weight is 462 g/mol. The SMILES string of the molecule is N[C@@H]1CCCC[C@H]1N.O=N[O-].[Cl][Pt]([Cl])[Cl]. The Hall–Kier alpha value is 0.878. The first-order valence-electron chi connectivity index (χ1n) is 4.04. The van der Waals surface area contributed by atoms with Crippen LogP contribution < -0.4 is 11.5 Å². The molecule has 0 spiro atoms. The Balaban J connectivity index is 0. The Morgan fingerprint density at radius 2 is 1.33 bits per heavy atom. The molecule has 1 saturated carbocycles. The molecule has 0 heterocycles. The van der Waals surface area contributed by atoms with Gasteiger partial charge >= 0.3 is 42.4 Å². The summed E-state index contributed by atoms with van der Waals surface area (Å²) in [7, 11) is 14.9. The topological polar surface area (TPSA) is 105 Å². The molecular weight excluding hydrogens is 448 g/mol. The maximum atomic E-state index is 8.00. The van der Waals surface area contributed by atoms with E-state index in [2.05, 4.69) is 0 Å². The third-order valence-electron chi connectivity index (χ3n) is 1.87. The summed E-state index contributed by atoms with van der Waals surface area (Å²) in [5.41, 5.74) is 11.3. The summed E-state index contributed by atoms with van der Waals surface area (Å²) in [6.45, 7) is 0. The van der Waals surface area contributed by atoms with Crippen molar-refractivity contribution in [3.05, 3.63) is 10.1 Å². The Morgan fingerprint density at radius 1 is 1.13 bits per heavy atom. The van der Waals surface area contributed by atoms with E-state index in [4.69, 9.17) is 49.8 Å². The second-order valence-corrected chi connectivity index (χ2v) is 12.7. The fourth-order valence-electron chi connectivity index (χ4n) is 1.19. The van der Waals surface area contributed by atoms with Gasteiger partial charge in [-0.1, -0.05) is 12.8 Å². The van der Waals surface area contributed by atoms with Crippen molar-refractivity contribution in [2.24, 2.45) is 16.8 Å². The van der Waals surface area contributed by atoms with E-state index in [0.717, 1.165) is 18.2 Å². The van der Waals surface area contributed by atoms with Crippen molar-refractivity contribution in [3.63, 3.8) is 0 Å². The first-order valence-corrected chi connectivity index (χ1v) is 12.5. The molecule has 1 aliphatic rings. The summed E-state index contributed by atoms with van der Waals surface area (Å²) in [5.74, 6) is 0. The molecule has 1 fully saturated rings. The molecule has 0 radical (unpaired) electrons. The normalized spacial score (nSPS) is 25.0. The van der Waals surface area contributed by atoms with E-state index in [1.165, 1.54) is 12.8 Å². The van der Waals surface area contributed by atoms with Gasteiger partial charge in [-0.25, -0.2) is 0 Å². The zero-order valence-electron chi connectivity index (χ0n) is 7.85. The van der Waals surface area contributed by atoms with Crippen molar-refractivity contribution >= 4 is 28.3 Å². The number of rotatable bonds is 0. The second kappa shape index (κ2) is 12.9. The molecule has 0 aromatic heterocycles. The summed E-state index contributed by atoms with van der Waals surface area (Å²) in [6.07, 6.45) is 4.80. The van der Waals surface area contributed by atoms with E-state index in [-0.39, 0.29) is 12.1 Å². The number of nitrogens with zero attached hydrogens (tertiary/aromatic N) is 1. The third-order valence-corrected chi connectivity index (χ3v) is 1.87. The quantitative estimate of drug-likeness (QED) is 0.427. The predicted molar refractivity (Wildman–Crippen MR) is 61.1 cm³/mol. The molecular formula is C6H14Cl3N3O2Pt-. The van der Waals surface area contributed by atoms with Gasteiger partial charge in [0, 0.05) is 12.1 Å². The average Bonchev–Trinajstić information content (AvgIpc) is 2.10. The first kappa shape index (κ1) is 18.2. The van der Waals surface area contributed by atoms with Crippen LogP contribution in [0.5, 0.6) is 0 Å². The molecule has 0 bridgehead atoms. The summed E-state index contributed by atoms with van der Waals surface area (Å²) < 4.78 is 0. The molecule has 97 valence electrons. The zero-order chi connectivity index (χ0) is 12.3. The first-order chi connectivity index (χ1) is 6.95. The van der Waals surface area contributed by atoms with Crippen molar-refractivity contribution in [1.82, 2.24) is 0 Å². The molecule has 2 atom stereocenters. The molecule has 0 unspecified atom stereocenters. The van der Waals surface area contributed by atoms with Gasteiger partial charge in [-0.05, 0) is 12.8 Å². The zero-order valence-corrected chi connectivity index (χ0v) is 12.4. The minimum atomic E-state index is -1.85. The predicted octanol–water partition coefficient (Wildman–Crippen LogP) is 2.53. The van der Waals surface area contributed by atoms with Crippen LogP contribution in [0.3, 0.4) is 0 Å². The van der Waals surface area contributed by atoms with Crippen molar-refractivity contribution in [2.45, 2.75) is 37.8 Å². The van der Waals surface area contributed by atoms with Crippen LogP contribution in [-0.4, -0.2) is 12.1 Å². The number of hydrogen-bond acceptors (Lipinski definition) is 5. The van der Waals surface area contributed by atoms with Gasteiger partial charge in [0.15, 0.2) is 0 Å². The number of nitrogens with two attached hydrogens (primary N) is 2. The van der Waals surface area contributed by atoms with E-state index in [1.807, 2.05) is 0 Å². The van der Waals surface area contributed by atoms with Gasteiger partial charge in [0.1, 0.15) is 0 Å². The molecule has 0 saturated heterocycles. The van der Waals surface area contributed by atoms with Crippen LogP contribution in [0.4, 0.5) is 0 Å². The minimum absolute atomic E-state index is 0.281. The molecule has 1 aliphatic carbocycles. The Labute approximate surface area is 107 Å². The van der Waals surface area contributed by atoms with Gasteiger partial charge < -0.3 is 21.6 Å². The molecule has 5 nitrogen and oxygen atoms in total. The second-order valence-electron chi connectivity index (χ2n) is 2.82. The molecule has 1 rings (SSSR count). The van der Waals surface area contributed by atoms with Crippen molar-refractivity contribution in [1.29, 1.82) is 0 Å². The summed E-state index contributed by atoms with van der Waals surface area (Å²) in [6, 6.07) is 0.562. The van der Waals surface area contributed by atoms with Crippen LogP contribution in [0.25, 0.3) is 0 Å². The third kappa shape index (κ3) is 17.5. The summed E-state index contributed by atoms with van der Waals surface area (Å²) in [5, 5.41) is 9.00. The van der Waals surface area contributed by atoms with E-state index < -0.39 is 14.2 Å². The van der Waals surface area contributed by atoms with Crippen molar-refractivity contribution < 1.29 is 14.2 Å². The number of hydrogen-bond donors (Lipinski definition) is 2. The van der Waals surface area contributed by atoms with Gasteiger partial charge in [-0.2, -0.15) is 0 Å². The molecule has 0 aromatic carbocycles. The summed E-state index contributed by atoms with van der Waals surface area (Å²) in [4.78, 5) is 8.00. The monoisotopic (exact) mass is 460 g/mol. The van der Waals surface area contributed by atoms with Crippen molar-refractivity contribution in [3.8, 4) is 0 Å². The summed E-state index contributed by atoms with van der Waals surface area (Å²) >= 11 is -1.85. The van der Waals surface area contributed by atoms with Crippen LogP contribution in [0.2, 0.25) is 0 Å². The Kier molecular flexibility index (Phi) is 15.7. The van der Waals surface area contributed by atoms with E-state index in [9.17, 15) is 0 Å². The maximum absolute atomic E-state index is 8.00. The van der Waals surface area contributed by atoms with Gasteiger partial charge in [-0.15, -0.1) is 5.34 Å². The van der Waals surface area contributed by atoms with Gasteiger partial charge in [0.25, 0.3) is 0 Å². The molecule has 4 N–H and O–H groups in total. The van der Waals surface area contributed by atoms with Crippen LogP contribution in [0.15, 0.2) is 5.34 Å². The van der Waals surface area contributed by atoms with Crippen LogP contribution in [0, 0.1) is 10.1 Å². The molecule has 0 amide bonds. The fourth-order valence-corrected chi connectivity index (χ4v) is 1.19. The van der Waals surface area contributed by atoms with E-state index in [0.29, 0.717) is 0 Å². The van der Waals surface area contributed by atoms with Crippen LogP contribution in [0.1, 0.15) is 25.7 Å². The molecule has 9 heteroatoms. The molecule has 0 aromatic rings. The van der Waals surface area contributed by atoms with Gasteiger partial charge in [-0.3, -0.25) is 0 Å². The Bertz CT molecular complexity index is 143. The van der Waals surface area contributed by atoms with Gasteiger partial charge in [0.2, 0.25) is 0 Å². The van der Waals surface area contributed by atoms with Crippen LogP contribution >= 0.6 is 28.3 Å². The van der Waals surface area contributed by atoms with Gasteiger partial charge in [0.05, 0.1) is 0 Å². The Morgan fingerprint density at radius 3 is 1.47 bits per heavy atom. The van der Waals surface area contributed by atoms with E-state index >= 15 is 0 Å². The van der Waals surface area contributed by atoms with Crippen molar-refractivity contribution in [2.75, 3.05) is 0 Å².